The standard InChI is InChI=1S/C12H21N3SSi/c1-9(2)11-7-16-12(14-11)10-6-15(8-13-10)17(3,4)5/h6,8-9,11H,7H2,1-5H3. The Labute approximate surface area is 109 Å². The van der Waals surface area contributed by atoms with Crippen molar-refractivity contribution >= 4 is 25.0 Å². The lowest BCUT2D eigenvalue weighted by molar-refractivity contribution is 0.543. The summed E-state index contributed by atoms with van der Waals surface area (Å²) in [4.78, 5) is 9.28. The molecule has 2 rings (SSSR count). The van der Waals surface area contributed by atoms with Gasteiger partial charge in [0.25, 0.3) is 0 Å². The van der Waals surface area contributed by atoms with Gasteiger partial charge in [-0.2, -0.15) is 0 Å². The van der Waals surface area contributed by atoms with E-state index in [1.54, 1.807) is 0 Å². The van der Waals surface area contributed by atoms with E-state index in [1.807, 2.05) is 18.1 Å². The Hall–Kier alpha value is -0.553. The molecule has 3 nitrogen and oxygen atoms in total. The third-order valence-corrected chi connectivity index (χ3v) is 5.91. The van der Waals surface area contributed by atoms with Crippen LogP contribution < -0.4 is 0 Å². The van der Waals surface area contributed by atoms with Gasteiger partial charge in [-0.3, -0.25) is 4.99 Å². The molecule has 0 aliphatic carbocycles. The van der Waals surface area contributed by atoms with Crippen LogP contribution in [0.1, 0.15) is 19.5 Å². The number of nitrogens with zero attached hydrogens (tertiary/aromatic N) is 3. The first-order chi connectivity index (χ1) is 7.88. The predicted molar refractivity (Wildman–Crippen MR) is 78.6 cm³/mol. The molecule has 17 heavy (non-hydrogen) atoms. The van der Waals surface area contributed by atoms with Gasteiger partial charge in [0.15, 0.2) is 8.24 Å². The minimum Gasteiger partial charge on any atom is -0.365 e. The van der Waals surface area contributed by atoms with Crippen molar-refractivity contribution in [3.8, 4) is 0 Å². The SMILES string of the molecule is CC(C)C1CSC(c2cn([Si](C)(C)C)cn2)=N1. The molecule has 0 saturated carbocycles. The molecule has 0 fully saturated rings. The summed E-state index contributed by atoms with van der Waals surface area (Å²) in [5.41, 5.74) is 1.06. The van der Waals surface area contributed by atoms with Crippen molar-refractivity contribution in [1.82, 2.24) is 9.22 Å². The Morgan fingerprint density at radius 1 is 1.41 bits per heavy atom. The summed E-state index contributed by atoms with van der Waals surface area (Å²) in [5.74, 6) is 1.73. The monoisotopic (exact) mass is 267 g/mol. The maximum Gasteiger partial charge on any atom is 0.154 e. The number of thioether (sulfide) groups is 1. The molecule has 0 radical (unpaired) electrons. The van der Waals surface area contributed by atoms with Crippen LogP contribution in [0.2, 0.25) is 19.6 Å². The molecule has 2 heterocycles. The third kappa shape index (κ3) is 2.82. The zero-order valence-electron chi connectivity index (χ0n) is 11.3. The van der Waals surface area contributed by atoms with E-state index in [1.165, 1.54) is 0 Å². The quantitative estimate of drug-likeness (QED) is 0.788. The van der Waals surface area contributed by atoms with E-state index in [2.05, 4.69) is 48.9 Å². The van der Waals surface area contributed by atoms with Crippen molar-refractivity contribution in [3.05, 3.63) is 18.2 Å². The molecular weight excluding hydrogens is 246 g/mol. The van der Waals surface area contributed by atoms with Crippen LogP contribution in [0.4, 0.5) is 0 Å². The van der Waals surface area contributed by atoms with Gasteiger partial charge in [-0.1, -0.05) is 33.5 Å². The Balaban J connectivity index is 2.19. The average molecular weight is 267 g/mol. The van der Waals surface area contributed by atoms with Gasteiger partial charge in [-0.05, 0) is 5.92 Å². The van der Waals surface area contributed by atoms with Crippen LogP contribution in [0.5, 0.6) is 0 Å². The van der Waals surface area contributed by atoms with Crippen LogP contribution in [-0.2, 0) is 0 Å². The van der Waals surface area contributed by atoms with Crippen molar-refractivity contribution in [2.24, 2.45) is 10.9 Å². The highest BCUT2D eigenvalue weighted by atomic mass is 32.2. The lowest BCUT2D eigenvalue weighted by Crippen LogP contribution is -2.30. The molecule has 1 unspecified atom stereocenters. The highest BCUT2D eigenvalue weighted by molar-refractivity contribution is 8.14. The second kappa shape index (κ2) is 4.61. The van der Waals surface area contributed by atoms with Crippen molar-refractivity contribution in [1.29, 1.82) is 0 Å². The summed E-state index contributed by atoms with van der Waals surface area (Å²) in [6.45, 7) is 11.4. The molecule has 0 N–H and O–H groups in total. The molecule has 0 bridgehead atoms. The molecule has 0 saturated heterocycles. The molecule has 0 amide bonds. The number of rotatable bonds is 3. The van der Waals surface area contributed by atoms with Gasteiger partial charge in [0, 0.05) is 11.9 Å². The lowest BCUT2D eigenvalue weighted by atomic mass is 10.1. The molecule has 5 heteroatoms. The van der Waals surface area contributed by atoms with Crippen LogP contribution in [0.15, 0.2) is 17.5 Å². The van der Waals surface area contributed by atoms with Gasteiger partial charge < -0.3 is 4.23 Å². The van der Waals surface area contributed by atoms with Crippen LogP contribution in [-0.4, -0.2) is 34.3 Å². The van der Waals surface area contributed by atoms with E-state index in [4.69, 9.17) is 4.99 Å². The Morgan fingerprint density at radius 3 is 2.59 bits per heavy atom. The molecule has 0 spiro atoms. The Bertz CT molecular complexity index is 431. The zero-order valence-corrected chi connectivity index (χ0v) is 13.1. The molecule has 1 aliphatic rings. The van der Waals surface area contributed by atoms with Crippen molar-refractivity contribution in [3.63, 3.8) is 0 Å². The van der Waals surface area contributed by atoms with Gasteiger partial charge in [0.05, 0.1) is 12.4 Å². The van der Waals surface area contributed by atoms with E-state index in [0.29, 0.717) is 12.0 Å². The molecule has 94 valence electrons. The number of aromatic nitrogens is 2. The van der Waals surface area contributed by atoms with Gasteiger partial charge in [0.2, 0.25) is 0 Å². The Morgan fingerprint density at radius 2 is 2.12 bits per heavy atom. The second-order valence-electron chi connectivity index (χ2n) is 5.89. The first-order valence-electron chi connectivity index (χ1n) is 6.13. The van der Waals surface area contributed by atoms with E-state index < -0.39 is 8.24 Å². The van der Waals surface area contributed by atoms with Crippen LogP contribution in [0.25, 0.3) is 0 Å². The third-order valence-electron chi connectivity index (χ3n) is 3.02. The largest absolute Gasteiger partial charge is 0.365 e. The van der Waals surface area contributed by atoms with Gasteiger partial charge in [-0.15, -0.1) is 11.8 Å². The number of hydrogen-bond acceptors (Lipinski definition) is 3. The fraction of sp³-hybridized carbons (Fsp3) is 0.667. The summed E-state index contributed by atoms with van der Waals surface area (Å²) >= 11 is 1.85. The van der Waals surface area contributed by atoms with Crippen LogP contribution in [0, 0.1) is 5.92 Å². The Kier molecular flexibility index (Phi) is 3.50. The van der Waals surface area contributed by atoms with E-state index in [0.717, 1.165) is 16.5 Å². The van der Waals surface area contributed by atoms with E-state index in [-0.39, 0.29) is 0 Å². The first-order valence-corrected chi connectivity index (χ1v) is 10.6. The topological polar surface area (TPSA) is 30.2 Å². The minimum atomic E-state index is -1.31. The average Bonchev–Trinajstić information content (AvgIpc) is 2.85. The highest BCUT2D eigenvalue weighted by Gasteiger charge is 2.24. The van der Waals surface area contributed by atoms with Gasteiger partial charge in [-0.25, -0.2) is 4.98 Å². The summed E-state index contributed by atoms with van der Waals surface area (Å²) in [6.07, 6.45) is 4.13. The van der Waals surface area contributed by atoms with Gasteiger partial charge >= 0.3 is 0 Å². The lowest BCUT2D eigenvalue weighted by Gasteiger charge is -2.16. The van der Waals surface area contributed by atoms with E-state index in [9.17, 15) is 0 Å². The molecule has 1 aromatic heterocycles. The summed E-state index contributed by atoms with van der Waals surface area (Å²) < 4.78 is 2.29. The van der Waals surface area contributed by atoms with Crippen molar-refractivity contribution in [2.75, 3.05) is 5.75 Å². The molecular formula is C12H21N3SSi. The molecule has 1 aromatic rings. The normalized spacial score (nSPS) is 21.1. The fourth-order valence-corrected chi connectivity index (χ4v) is 3.84. The highest BCUT2D eigenvalue weighted by Crippen LogP contribution is 2.26. The number of hydrogen-bond donors (Lipinski definition) is 0. The smallest absolute Gasteiger partial charge is 0.154 e. The van der Waals surface area contributed by atoms with Gasteiger partial charge in [0.1, 0.15) is 10.7 Å². The van der Waals surface area contributed by atoms with E-state index >= 15 is 0 Å². The maximum absolute atomic E-state index is 4.77. The van der Waals surface area contributed by atoms with Crippen LogP contribution >= 0.6 is 11.8 Å². The summed E-state index contributed by atoms with van der Waals surface area (Å²) in [7, 11) is -1.31. The molecule has 1 atom stereocenters. The zero-order chi connectivity index (χ0) is 12.6. The minimum absolute atomic E-state index is 0.465. The second-order valence-corrected chi connectivity index (χ2v) is 11.8. The van der Waals surface area contributed by atoms with Crippen molar-refractivity contribution < 1.29 is 0 Å². The van der Waals surface area contributed by atoms with Crippen LogP contribution in [0.3, 0.4) is 0 Å². The molecule has 1 aliphatic heterocycles. The number of aliphatic imine (C=N–C) groups is 1. The number of imidazole rings is 1. The molecule has 0 aromatic carbocycles. The maximum atomic E-state index is 4.77. The summed E-state index contributed by atoms with van der Waals surface area (Å²) in [5, 5.41) is 1.13. The fourth-order valence-electron chi connectivity index (χ4n) is 1.67. The van der Waals surface area contributed by atoms with Crippen molar-refractivity contribution in [2.45, 2.75) is 39.5 Å². The predicted octanol–water partition coefficient (Wildman–Crippen LogP) is 3.08. The first kappa shape index (κ1) is 12.9. The summed E-state index contributed by atoms with van der Waals surface area (Å²) in [6, 6.07) is 0.465.